The van der Waals surface area contributed by atoms with Crippen LogP contribution in [-0.2, 0) is 6.54 Å². The lowest BCUT2D eigenvalue weighted by molar-refractivity contribution is -0.0794. The van der Waals surface area contributed by atoms with E-state index in [1.54, 1.807) is 10.7 Å². The Bertz CT molecular complexity index is 1190. The first kappa shape index (κ1) is 17.0. The molecule has 0 bridgehead atoms. The van der Waals surface area contributed by atoms with Crippen molar-refractivity contribution in [3.05, 3.63) is 36.4 Å². The molecule has 0 aromatic carbocycles. The van der Waals surface area contributed by atoms with Crippen LogP contribution in [0.3, 0.4) is 0 Å². The third-order valence-corrected chi connectivity index (χ3v) is 5.22. The largest absolute Gasteiger partial charge is 0.350 e. The number of anilines is 1. The molecule has 28 heavy (non-hydrogen) atoms. The second-order valence-corrected chi connectivity index (χ2v) is 7.19. The molecule has 0 aliphatic heterocycles. The number of fused-ring (bicyclic) bond motifs is 2. The summed E-state index contributed by atoms with van der Waals surface area (Å²) in [4.78, 5) is 13.6. The third kappa shape index (κ3) is 2.69. The van der Waals surface area contributed by atoms with Crippen LogP contribution in [-0.4, -0.2) is 41.1 Å². The van der Waals surface area contributed by atoms with Gasteiger partial charge in [0.25, 0.3) is 5.92 Å². The molecule has 0 spiro atoms. The molecule has 1 saturated carbocycles. The van der Waals surface area contributed by atoms with E-state index in [1.165, 1.54) is 0 Å². The van der Waals surface area contributed by atoms with Crippen molar-refractivity contribution in [3.8, 4) is 11.3 Å². The maximum Gasteiger partial charge on any atom is 0.252 e. The van der Waals surface area contributed by atoms with Crippen molar-refractivity contribution < 1.29 is 8.78 Å². The molecule has 0 atom stereocenters. The molecule has 144 valence electrons. The summed E-state index contributed by atoms with van der Waals surface area (Å²) < 4.78 is 29.8. The van der Waals surface area contributed by atoms with Gasteiger partial charge in [-0.15, -0.1) is 5.10 Å². The number of aryl methyl sites for hydroxylation is 2. The van der Waals surface area contributed by atoms with E-state index in [9.17, 15) is 8.78 Å². The monoisotopic (exact) mass is 383 g/mol. The molecule has 1 aliphatic rings. The Morgan fingerprint density at radius 1 is 1.21 bits per heavy atom. The van der Waals surface area contributed by atoms with Gasteiger partial charge in [0.1, 0.15) is 11.3 Å². The van der Waals surface area contributed by atoms with Gasteiger partial charge in [0, 0.05) is 37.2 Å². The highest BCUT2D eigenvalue weighted by Gasteiger charge is 2.45. The van der Waals surface area contributed by atoms with Gasteiger partial charge < -0.3 is 9.88 Å². The molecule has 4 aromatic heterocycles. The van der Waals surface area contributed by atoms with E-state index in [0.717, 1.165) is 40.3 Å². The van der Waals surface area contributed by atoms with Crippen molar-refractivity contribution in [3.63, 3.8) is 0 Å². The first-order valence-electron chi connectivity index (χ1n) is 9.26. The van der Waals surface area contributed by atoms with Gasteiger partial charge in [0.15, 0.2) is 5.65 Å². The Morgan fingerprint density at radius 2 is 2.04 bits per heavy atom. The number of imidazole rings is 1. The zero-order valence-corrected chi connectivity index (χ0v) is 15.5. The molecule has 1 N–H and O–H groups in total. The van der Waals surface area contributed by atoms with Crippen molar-refractivity contribution >= 4 is 22.6 Å². The average molecular weight is 383 g/mol. The van der Waals surface area contributed by atoms with Crippen LogP contribution in [0.5, 0.6) is 0 Å². The number of nitrogens with zero attached hydrogens (tertiary/aromatic N) is 6. The van der Waals surface area contributed by atoms with E-state index in [0.29, 0.717) is 5.95 Å². The molecule has 1 aliphatic carbocycles. The lowest BCUT2D eigenvalue weighted by Gasteiger charge is -2.35. The van der Waals surface area contributed by atoms with Gasteiger partial charge in [0.05, 0.1) is 17.4 Å². The molecule has 4 heterocycles. The molecule has 5 rings (SSSR count). The van der Waals surface area contributed by atoms with Crippen molar-refractivity contribution in [1.82, 2.24) is 29.1 Å². The van der Waals surface area contributed by atoms with Crippen LogP contribution in [0.1, 0.15) is 25.6 Å². The lowest BCUT2D eigenvalue weighted by atomic mass is 9.88. The van der Waals surface area contributed by atoms with Gasteiger partial charge in [-0.25, -0.2) is 28.2 Å². The topological polar surface area (TPSA) is 72.9 Å². The first-order chi connectivity index (χ1) is 13.4. The molecular formula is C19H19F2N7. The minimum atomic E-state index is -2.57. The Kier molecular flexibility index (Phi) is 3.62. The first-order valence-corrected chi connectivity index (χ1v) is 9.26. The number of aromatic nitrogens is 6. The SMILES string of the molecule is CCn1c(C)nc2ccc(-c3ccn4nc(NC5CC(F)(F)C5)ncc34)nc21. The number of nitrogens with one attached hydrogen (secondary N) is 1. The highest BCUT2D eigenvalue weighted by molar-refractivity contribution is 5.82. The fourth-order valence-corrected chi connectivity index (χ4v) is 3.77. The van der Waals surface area contributed by atoms with Crippen LogP contribution < -0.4 is 5.32 Å². The Labute approximate surface area is 159 Å². The van der Waals surface area contributed by atoms with Crippen LogP contribution >= 0.6 is 0 Å². The summed E-state index contributed by atoms with van der Waals surface area (Å²) in [6, 6.07) is 5.55. The van der Waals surface area contributed by atoms with Crippen LogP contribution in [0.25, 0.3) is 27.9 Å². The van der Waals surface area contributed by atoms with Crippen molar-refractivity contribution in [2.75, 3.05) is 5.32 Å². The Balaban J connectivity index is 1.49. The van der Waals surface area contributed by atoms with Gasteiger partial charge in [-0.05, 0) is 32.0 Å². The van der Waals surface area contributed by atoms with E-state index in [1.807, 2.05) is 31.3 Å². The molecule has 0 unspecified atom stereocenters. The summed E-state index contributed by atoms with van der Waals surface area (Å²) in [5.41, 5.74) is 4.24. The van der Waals surface area contributed by atoms with Gasteiger partial charge in [-0.1, -0.05) is 0 Å². The average Bonchev–Trinajstić information content (AvgIpc) is 3.19. The summed E-state index contributed by atoms with van der Waals surface area (Å²) >= 11 is 0. The van der Waals surface area contributed by atoms with E-state index >= 15 is 0 Å². The second-order valence-electron chi connectivity index (χ2n) is 7.19. The number of hydrogen-bond acceptors (Lipinski definition) is 5. The number of rotatable bonds is 4. The Morgan fingerprint density at radius 3 is 2.79 bits per heavy atom. The summed E-state index contributed by atoms with van der Waals surface area (Å²) in [7, 11) is 0. The second kappa shape index (κ2) is 5.95. The van der Waals surface area contributed by atoms with Gasteiger partial charge in [-0.3, -0.25) is 0 Å². The fourth-order valence-electron chi connectivity index (χ4n) is 3.77. The minimum Gasteiger partial charge on any atom is -0.350 e. The molecule has 7 nitrogen and oxygen atoms in total. The summed E-state index contributed by atoms with van der Waals surface area (Å²) in [5, 5.41) is 7.36. The van der Waals surface area contributed by atoms with E-state index < -0.39 is 5.92 Å². The van der Waals surface area contributed by atoms with Crippen molar-refractivity contribution in [2.45, 2.75) is 45.2 Å². The number of alkyl halides is 2. The van der Waals surface area contributed by atoms with Crippen LogP contribution in [0.2, 0.25) is 0 Å². The highest BCUT2D eigenvalue weighted by atomic mass is 19.3. The van der Waals surface area contributed by atoms with Gasteiger partial charge in [-0.2, -0.15) is 0 Å². The van der Waals surface area contributed by atoms with Crippen molar-refractivity contribution in [1.29, 1.82) is 0 Å². The Hall–Kier alpha value is -3.10. The summed E-state index contributed by atoms with van der Waals surface area (Å²) in [6.45, 7) is 4.84. The maximum absolute atomic E-state index is 13.0. The summed E-state index contributed by atoms with van der Waals surface area (Å²) in [5.74, 6) is -1.29. The number of pyridine rings is 1. The third-order valence-electron chi connectivity index (χ3n) is 5.22. The zero-order valence-electron chi connectivity index (χ0n) is 15.5. The fraction of sp³-hybridized carbons (Fsp3) is 0.368. The van der Waals surface area contributed by atoms with E-state index in [-0.39, 0.29) is 18.9 Å². The molecule has 4 aromatic rings. The van der Waals surface area contributed by atoms with Crippen LogP contribution in [0.15, 0.2) is 30.6 Å². The van der Waals surface area contributed by atoms with E-state index in [4.69, 9.17) is 4.98 Å². The van der Waals surface area contributed by atoms with Gasteiger partial charge in [0.2, 0.25) is 5.95 Å². The van der Waals surface area contributed by atoms with Crippen LogP contribution in [0, 0.1) is 6.92 Å². The molecule has 0 radical (unpaired) electrons. The standard InChI is InChI=1S/C19H19F2N7/c1-3-27-11(2)23-15-5-4-14(25-17(15)27)13-6-7-28-16(13)10-22-18(26-28)24-12-8-19(20,21)9-12/h4-7,10,12H,3,8-9H2,1-2H3,(H,24,26). The highest BCUT2D eigenvalue weighted by Crippen LogP contribution is 2.38. The molecular weight excluding hydrogens is 364 g/mol. The van der Waals surface area contributed by atoms with Gasteiger partial charge >= 0.3 is 0 Å². The maximum atomic E-state index is 13.0. The van der Waals surface area contributed by atoms with E-state index in [2.05, 4.69) is 31.9 Å². The number of hydrogen-bond donors (Lipinski definition) is 1. The molecule has 9 heteroatoms. The molecule has 0 amide bonds. The number of halogens is 2. The quantitative estimate of drug-likeness (QED) is 0.582. The smallest absolute Gasteiger partial charge is 0.252 e. The van der Waals surface area contributed by atoms with Crippen LogP contribution in [0.4, 0.5) is 14.7 Å². The summed E-state index contributed by atoms with van der Waals surface area (Å²) in [6.07, 6.45) is 3.15. The molecule has 1 fully saturated rings. The zero-order chi connectivity index (χ0) is 19.5. The molecule has 0 saturated heterocycles. The normalized spacial score (nSPS) is 16.6. The predicted molar refractivity (Wildman–Crippen MR) is 102 cm³/mol. The predicted octanol–water partition coefficient (Wildman–Crippen LogP) is 3.68. The minimum absolute atomic E-state index is 0.181. The lowest BCUT2D eigenvalue weighted by Crippen LogP contribution is -2.44. The van der Waals surface area contributed by atoms with Crippen molar-refractivity contribution in [2.24, 2.45) is 0 Å².